The first kappa shape index (κ1) is 23.9. The van der Waals surface area contributed by atoms with E-state index in [4.69, 9.17) is 9.68 Å². The van der Waals surface area contributed by atoms with E-state index in [-0.39, 0.29) is 29.4 Å². The summed E-state index contributed by atoms with van der Waals surface area (Å²) in [5.41, 5.74) is 3.41. The molecular formula is C27H22FN3O4S. The third-order valence-electron chi connectivity index (χ3n) is 6.39. The topological polar surface area (TPSA) is 104 Å². The summed E-state index contributed by atoms with van der Waals surface area (Å²) in [5, 5.41) is 9.04. The van der Waals surface area contributed by atoms with Crippen LogP contribution in [0.3, 0.4) is 0 Å². The fourth-order valence-corrected chi connectivity index (χ4v) is 6.16. The number of carbonyl (C=O) groups excluding carboxylic acids is 1. The Morgan fingerprint density at radius 3 is 2.69 bits per heavy atom. The molecule has 0 amide bonds. The number of nitriles is 1. The van der Waals surface area contributed by atoms with Gasteiger partial charge in [-0.1, -0.05) is 12.1 Å². The predicted octanol–water partition coefficient (Wildman–Crippen LogP) is 4.86. The molecule has 4 aromatic rings. The molecule has 0 aliphatic carbocycles. The Morgan fingerprint density at radius 1 is 1.11 bits per heavy atom. The van der Waals surface area contributed by atoms with Gasteiger partial charge >= 0.3 is 0 Å². The van der Waals surface area contributed by atoms with Gasteiger partial charge in [0.1, 0.15) is 11.4 Å². The number of pyridine rings is 1. The van der Waals surface area contributed by atoms with Gasteiger partial charge in [-0.2, -0.15) is 9.57 Å². The van der Waals surface area contributed by atoms with Crippen LogP contribution in [0.2, 0.25) is 0 Å². The first-order chi connectivity index (χ1) is 17.3. The van der Waals surface area contributed by atoms with Crippen LogP contribution in [0, 0.1) is 17.1 Å². The quantitative estimate of drug-likeness (QED) is 0.357. The van der Waals surface area contributed by atoms with Crippen LogP contribution >= 0.6 is 0 Å². The van der Waals surface area contributed by atoms with E-state index in [2.05, 4.69) is 11.1 Å². The molecule has 36 heavy (non-hydrogen) atoms. The lowest BCUT2D eigenvalue weighted by Crippen LogP contribution is -2.40. The Balaban J connectivity index is 1.30. The summed E-state index contributed by atoms with van der Waals surface area (Å²) < 4.78 is 46.8. The second-order valence-corrected chi connectivity index (χ2v) is 10.5. The molecule has 0 saturated carbocycles. The number of nitrogens with zero attached hydrogens (tertiary/aromatic N) is 3. The largest absolute Gasteiger partial charge is 0.443 e. The Bertz CT molecular complexity index is 1590. The number of sulfonamides is 1. The van der Waals surface area contributed by atoms with Gasteiger partial charge in [0.05, 0.1) is 17.7 Å². The molecule has 2 aromatic carbocycles. The molecule has 0 spiro atoms. The van der Waals surface area contributed by atoms with Crippen molar-refractivity contribution in [2.24, 2.45) is 0 Å². The van der Waals surface area contributed by atoms with Crippen molar-refractivity contribution in [1.82, 2.24) is 9.29 Å². The van der Waals surface area contributed by atoms with Gasteiger partial charge in [0.15, 0.2) is 5.78 Å². The number of Topliss-reactive ketones (excluding diaryl/α,β-unsaturated/α-hetero) is 1. The van der Waals surface area contributed by atoms with E-state index >= 15 is 0 Å². The lowest BCUT2D eigenvalue weighted by molar-refractivity contribution is -0.122. The van der Waals surface area contributed by atoms with Crippen molar-refractivity contribution < 1.29 is 22.0 Å². The highest BCUT2D eigenvalue weighted by Crippen LogP contribution is 2.31. The summed E-state index contributed by atoms with van der Waals surface area (Å²) in [6, 6.07) is 17.4. The molecule has 1 unspecified atom stereocenters. The van der Waals surface area contributed by atoms with Crippen LogP contribution in [0.15, 0.2) is 76.4 Å². The van der Waals surface area contributed by atoms with Crippen LogP contribution in [0.5, 0.6) is 0 Å². The first-order valence-corrected chi connectivity index (χ1v) is 13.0. The zero-order valence-corrected chi connectivity index (χ0v) is 20.0. The van der Waals surface area contributed by atoms with Gasteiger partial charge in [-0.25, -0.2) is 12.8 Å². The minimum atomic E-state index is -4.05. The average molecular weight is 504 g/mol. The number of halogens is 1. The average Bonchev–Trinajstić information content (AvgIpc) is 3.56. The molecule has 3 heterocycles. The summed E-state index contributed by atoms with van der Waals surface area (Å²) in [6.07, 6.45) is 3.19. The number of hydrogen-bond donors (Lipinski definition) is 0. The minimum Gasteiger partial charge on any atom is -0.443 e. The highest BCUT2D eigenvalue weighted by molar-refractivity contribution is 7.89. The van der Waals surface area contributed by atoms with Gasteiger partial charge in [-0.15, -0.1) is 0 Å². The van der Waals surface area contributed by atoms with E-state index in [0.29, 0.717) is 30.2 Å². The fraction of sp³-hybridized carbons (Fsp3) is 0.222. The normalized spacial score (nSPS) is 16.3. The van der Waals surface area contributed by atoms with Crippen LogP contribution in [0.1, 0.15) is 30.5 Å². The van der Waals surface area contributed by atoms with E-state index < -0.39 is 21.9 Å². The zero-order chi connectivity index (χ0) is 25.3. The Kier molecular flexibility index (Phi) is 6.39. The molecule has 1 aliphatic rings. The van der Waals surface area contributed by atoms with Crippen molar-refractivity contribution in [3.63, 3.8) is 0 Å². The smallest absolute Gasteiger partial charge is 0.277 e. The molecule has 0 radical (unpaired) electrons. The Morgan fingerprint density at radius 2 is 1.92 bits per heavy atom. The lowest BCUT2D eigenvalue weighted by atomic mass is 10.0. The molecule has 0 bridgehead atoms. The van der Waals surface area contributed by atoms with Gasteiger partial charge in [-0.3, -0.25) is 9.78 Å². The van der Waals surface area contributed by atoms with Crippen molar-refractivity contribution in [2.75, 3.05) is 6.54 Å². The lowest BCUT2D eigenvalue weighted by Gasteiger charge is -2.21. The number of benzene rings is 2. The molecular weight excluding hydrogens is 481 g/mol. The van der Waals surface area contributed by atoms with Gasteiger partial charge < -0.3 is 4.42 Å². The second-order valence-electron chi connectivity index (χ2n) is 8.71. The van der Waals surface area contributed by atoms with E-state index in [9.17, 15) is 17.6 Å². The molecule has 1 atom stereocenters. The maximum Gasteiger partial charge on any atom is 0.277 e. The molecule has 2 aromatic heterocycles. The molecule has 5 rings (SSSR count). The van der Waals surface area contributed by atoms with Crippen molar-refractivity contribution in [3.8, 4) is 17.2 Å². The molecule has 1 fully saturated rings. The maximum absolute atomic E-state index is 13.5. The molecule has 1 saturated heterocycles. The number of rotatable bonds is 7. The highest BCUT2D eigenvalue weighted by Gasteiger charge is 2.40. The molecule has 182 valence electrons. The monoisotopic (exact) mass is 503 g/mol. The summed E-state index contributed by atoms with van der Waals surface area (Å²) >= 11 is 0. The summed E-state index contributed by atoms with van der Waals surface area (Å²) in [6.45, 7) is 0.219. The maximum atomic E-state index is 13.5. The molecule has 7 nitrogen and oxygen atoms in total. The number of carbonyl (C=O) groups is 1. The second kappa shape index (κ2) is 9.64. The first-order valence-electron chi connectivity index (χ1n) is 11.5. The zero-order valence-electron chi connectivity index (χ0n) is 19.2. The predicted molar refractivity (Wildman–Crippen MR) is 131 cm³/mol. The van der Waals surface area contributed by atoms with E-state index in [0.717, 1.165) is 16.8 Å². The third-order valence-corrected chi connectivity index (χ3v) is 8.15. The van der Waals surface area contributed by atoms with Crippen LogP contribution in [0.4, 0.5) is 4.39 Å². The van der Waals surface area contributed by atoms with Gasteiger partial charge in [0.25, 0.3) is 10.0 Å². The van der Waals surface area contributed by atoms with Crippen molar-refractivity contribution in [1.29, 1.82) is 5.26 Å². The number of fused-ring (bicyclic) bond motifs is 1. The van der Waals surface area contributed by atoms with Crippen molar-refractivity contribution in [2.45, 2.75) is 36.8 Å². The van der Waals surface area contributed by atoms with Crippen molar-refractivity contribution in [3.05, 3.63) is 83.9 Å². The molecule has 9 heteroatoms. The minimum absolute atomic E-state index is 0.145. The molecule has 0 N–H and O–H groups in total. The van der Waals surface area contributed by atoms with Crippen LogP contribution in [0.25, 0.3) is 22.1 Å². The summed E-state index contributed by atoms with van der Waals surface area (Å²) in [4.78, 5) is 17.5. The van der Waals surface area contributed by atoms with E-state index in [1.807, 2.05) is 24.3 Å². The number of furan rings is 1. The summed E-state index contributed by atoms with van der Waals surface area (Å²) in [5.74, 6) is -0.665. The number of hydrogen-bond acceptors (Lipinski definition) is 6. The SMILES string of the molecule is N#Cc1ccc(-c2ccnc(CCC(=O)C3CCCN3S(=O)(=O)c3cc4cc(F)ccc4o3)c2)cc1. The Labute approximate surface area is 207 Å². The standard InChI is InChI=1S/C27H22FN3O4S/c28-22-7-10-26-21(14-22)16-27(35-26)36(33,34)31-13-1-2-24(31)25(32)9-8-23-15-20(11-12-30-23)19-5-3-18(17-29)4-6-19/h3-7,10-12,14-16,24H,1-2,8-9,13H2. The van der Waals surface area contributed by atoms with Crippen LogP contribution in [-0.4, -0.2) is 36.1 Å². The van der Waals surface area contributed by atoms with Crippen LogP contribution in [-0.2, 0) is 21.2 Å². The summed E-state index contributed by atoms with van der Waals surface area (Å²) in [7, 11) is -4.05. The highest BCUT2D eigenvalue weighted by atomic mass is 32.2. The van der Waals surface area contributed by atoms with Gasteiger partial charge in [0, 0.05) is 36.3 Å². The van der Waals surface area contributed by atoms with Gasteiger partial charge in [0.2, 0.25) is 5.09 Å². The Hall–Kier alpha value is -3.87. The number of ketones is 1. The number of aromatic nitrogens is 1. The van der Waals surface area contributed by atoms with E-state index in [1.165, 1.54) is 28.6 Å². The molecule has 1 aliphatic heterocycles. The van der Waals surface area contributed by atoms with Crippen molar-refractivity contribution >= 4 is 26.8 Å². The van der Waals surface area contributed by atoms with Crippen LogP contribution < -0.4 is 0 Å². The van der Waals surface area contributed by atoms with E-state index in [1.54, 1.807) is 18.3 Å². The van der Waals surface area contributed by atoms with Gasteiger partial charge in [-0.05, 0) is 72.9 Å². The fourth-order valence-electron chi connectivity index (χ4n) is 4.53. The third kappa shape index (κ3) is 4.65. The number of aryl methyl sites for hydroxylation is 1.